The van der Waals surface area contributed by atoms with E-state index in [4.69, 9.17) is 0 Å². The van der Waals surface area contributed by atoms with Crippen LogP contribution in [0.1, 0.15) is 0 Å². The van der Waals surface area contributed by atoms with Crippen LogP contribution in [0, 0.1) is 0 Å². The molecule has 0 aliphatic carbocycles. The molecule has 4 nitrogen and oxygen atoms in total. The monoisotopic (exact) mass is 182 g/mol. The van der Waals surface area contributed by atoms with Crippen LogP contribution < -0.4 is 5.46 Å². The first-order valence-corrected chi connectivity index (χ1v) is 3.34. The van der Waals surface area contributed by atoms with Gasteiger partial charge in [0.15, 0.2) is 0 Å². The molecule has 0 bridgehead atoms. The van der Waals surface area contributed by atoms with E-state index in [0.717, 1.165) is 5.46 Å². The van der Waals surface area contributed by atoms with E-state index >= 15 is 0 Å². The molecule has 4 N–H and O–H groups in total. The van der Waals surface area contributed by atoms with Gasteiger partial charge in [-0.2, -0.15) is 0 Å². The fraction of sp³-hybridized carbons (Fsp3) is 0. The van der Waals surface area contributed by atoms with Gasteiger partial charge >= 0.3 is 6.71 Å². The first-order chi connectivity index (χ1) is 5.38. The standard InChI is InChI=1S/C8H7BO2.2H2O/c10-6-9(7-11)8-4-2-1-3-5-8;;/h1-7H;2*1H2. The lowest BCUT2D eigenvalue weighted by Crippen LogP contribution is -2.33. The van der Waals surface area contributed by atoms with Crippen molar-refractivity contribution in [3.05, 3.63) is 30.3 Å². The molecule has 0 heterocycles. The van der Waals surface area contributed by atoms with Gasteiger partial charge in [-0.3, -0.25) is 0 Å². The van der Waals surface area contributed by atoms with Crippen molar-refractivity contribution >= 4 is 24.5 Å². The van der Waals surface area contributed by atoms with Gasteiger partial charge in [0, 0.05) is 0 Å². The summed E-state index contributed by atoms with van der Waals surface area (Å²) < 4.78 is 0. The summed E-state index contributed by atoms with van der Waals surface area (Å²) >= 11 is 0. The van der Waals surface area contributed by atoms with Crippen molar-refractivity contribution in [2.45, 2.75) is 0 Å². The smallest absolute Gasteiger partial charge is 0.324 e. The average Bonchev–Trinajstić information content (AvgIpc) is 2.09. The third-order valence-electron chi connectivity index (χ3n) is 1.48. The molecule has 0 aliphatic rings. The van der Waals surface area contributed by atoms with Crippen LogP contribution in [0.5, 0.6) is 0 Å². The van der Waals surface area contributed by atoms with Gasteiger partial charge in [0.1, 0.15) is 0 Å². The van der Waals surface area contributed by atoms with Crippen molar-refractivity contribution in [2.75, 3.05) is 0 Å². The molecule has 70 valence electrons. The van der Waals surface area contributed by atoms with E-state index in [-0.39, 0.29) is 11.0 Å². The Labute approximate surface area is 76.3 Å². The van der Waals surface area contributed by atoms with Gasteiger partial charge in [0.25, 0.3) is 0 Å². The lowest BCUT2D eigenvalue weighted by Gasteiger charge is -1.95. The second-order valence-electron chi connectivity index (χ2n) is 2.21. The zero-order valence-electron chi connectivity index (χ0n) is 6.94. The minimum absolute atomic E-state index is 0. The van der Waals surface area contributed by atoms with E-state index in [1.807, 2.05) is 6.07 Å². The Hall–Kier alpha value is -1.46. The third kappa shape index (κ3) is 3.64. The van der Waals surface area contributed by atoms with E-state index < -0.39 is 6.71 Å². The van der Waals surface area contributed by atoms with Crippen LogP contribution in [0.2, 0.25) is 0 Å². The van der Waals surface area contributed by atoms with Crippen molar-refractivity contribution in [3.8, 4) is 0 Å². The minimum Gasteiger partial charge on any atom is -0.412 e. The van der Waals surface area contributed by atoms with Gasteiger partial charge < -0.3 is 20.5 Å². The van der Waals surface area contributed by atoms with Crippen LogP contribution >= 0.6 is 0 Å². The first kappa shape index (κ1) is 14.1. The highest BCUT2D eigenvalue weighted by Crippen LogP contribution is 1.83. The van der Waals surface area contributed by atoms with Gasteiger partial charge in [-0.1, -0.05) is 35.8 Å². The van der Waals surface area contributed by atoms with Crippen molar-refractivity contribution in [3.63, 3.8) is 0 Å². The fourth-order valence-corrected chi connectivity index (χ4v) is 0.864. The molecule has 0 amide bonds. The minimum atomic E-state index is -0.601. The summed E-state index contributed by atoms with van der Waals surface area (Å²) in [7, 11) is 0. The fourth-order valence-electron chi connectivity index (χ4n) is 0.864. The van der Waals surface area contributed by atoms with E-state index in [9.17, 15) is 9.59 Å². The Balaban J connectivity index is 0. The highest BCUT2D eigenvalue weighted by Gasteiger charge is 2.13. The molecule has 0 aliphatic heterocycles. The quantitative estimate of drug-likeness (QED) is 0.410. The lowest BCUT2D eigenvalue weighted by atomic mass is 9.48. The van der Waals surface area contributed by atoms with Crippen LogP contribution in [0.3, 0.4) is 0 Å². The van der Waals surface area contributed by atoms with Crippen molar-refractivity contribution in [1.82, 2.24) is 0 Å². The molecule has 1 aromatic carbocycles. The average molecular weight is 182 g/mol. The van der Waals surface area contributed by atoms with E-state index in [1.54, 1.807) is 24.3 Å². The molecule has 5 heteroatoms. The van der Waals surface area contributed by atoms with Crippen LogP contribution in [-0.2, 0) is 9.59 Å². The van der Waals surface area contributed by atoms with Gasteiger partial charge in [0.05, 0.1) is 12.4 Å². The Bertz CT molecular complexity index is 242. The Kier molecular flexibility index (Phi) is 7.81. The number of hydrogen-bond acceptors (Lipinski definition) is 2. The zero-order chi connectivity index (χ0) is 8.10. The summed E-state index contributed by atoms with van der Waals surface area (Å²) in [6.07, 6.45) is 1.28. The number of carbonyl (C=O) groups is 2. The summed E-state index contributed by atoms with van der Waals surface area (Å²) in [4.78, 5) is 20.6. The molecule has 0 saturated carbocycles. The second kappa shape index (κ2) is 7.21. The highest BCUT2D eigenvalue weighted by atomic mass is 16.1. The van der Waals surface area contributed by atoms with Gasteiger partial charge in [-0.15, -0.1) is 0 Å². The van der Waals surface area contributed by atoms with Gasteiger partial charge in [0.2, 0.25) is 0 Å². The maximum Gasteiger partial charge on any atom is 0.324 e. The first-order valence-electron chi connectivity index (χ1n) is 3.34. The number of hydrogen-bond donors (Lipinski definition) is 0. The predicted octanol–water partition coefficient (Wildman–Crippen LogP) is -1.72. The summed E-state index contributed by atoms with van der Waals surface area (Å²) in [5, 5.41) is 0. The normalized spacial score (nSPS) is 7.38. The summed E-state index contributed by atoms with van der Waals surface area (Å²) in [6.45, 7) is -0.601. The molecule has 0 aromatic heterocycles. The number of benzene rings is 1. The maximum absolute atomic E-state index is 10.3. The molecule has 0 unspecified atom stereocenters. The second-order valence-corrected chi connectivity index (χ2v) is 2.21. The SMILES string of the molecule is O.O.O=CB(C=O)c1ccccc1. The largest absolute Gasteiger partial charge is 0.412 e. The van der Waals surface area contributed by atoms with Crippen LogP contribution in [0.4, 0.5) is 0 Å². The highest BCUT2D eigenvalue weighted by molar-refractivity contribution is 7.11. The number of rotatable bonds is 3. The molecule has 0 radical (unpaired) electrons. The third-order valence-corrected chi connectivity index (χ3v) is 1.48. The van der Waals surface area contributed by atoms with Gasteiger partial charge in [-0.05, 0) is 0 Å². The molecule has 0 saturated heterocycles. The zero-order valence-corrected chi connectivity index (χ0v) is 6.94. The molecular formula is C8H11BO4. The van der Waals surface area contributed by atoms with E-state index in [2.05, 4.69) is 0 Å². The Morgan fingerprint density at radius 3 is 1.77 bits per heavy atom. The number of carbonyl (C=O) groups excluding carboxylic acids is 2. The van der Waals surface area contributed by atoms with E-state index in [0.29, 0.717) is 12.4 Å². The maximum atomic E-state index is 10.3. The molecule has 0 spiro atoms. The summed E-state index contributed by atoms with van der Waals surface area (Å²) in [6, 6.07) is 8.96. The summed E-state index contributed by atoms with van der Waals surface area (Å²) in [5.41, 5.74) is 0.748. The summed E-state index contributed by atoms with van der Waals surface area (Å²) in [5.74, 6) is 0. The Morgan fingerprint density at radius 2 is 1.38 bits per heavy atom. The molecule has 0 fully saturated rings. The van der Waals surface area contributed by atoms with Crippen molar-refractivity contribution in [2.24, 2.45) is 0 Å². The van der Waals surface area contributed by atoms with Crippen LogP contribution in [-0.4, -0.2) is 30.0 Å². The van der Waals surface area contributed by atoms with E-state index in [1.165, 1.54) is 0 Å². The van der Waals surface area contributed by atoms with Crippen LogP contribution in [0.25, 0.3) is 0 Å². The lowest BCUT2D eigenvalue weighted by molar-refractivity contribution is 0.563. The molecule has 13 heavy (non-hydrogen) atoms. The molecule has 0 atom stereocenters. The molecule has 1 aromatic rings. The van der Waals surface area contributed by atoms with Crippen molar-refractivity contribution in [1.29, 1.82) is 0 Å². The van der Waals surface area contributed by atoms with Gasteiger partial charge in [-0.25, -0.2) is 0 Å². The van der Waals surface area contributed by atoms with Crippen LogP contribution in [0.15, 0.2) is 30.3 Å². The van der Waals surface area contributed by atoms with Crippen molar-refractivity contribution < 1.29 is 20.5 Å². The topological polar surface area (TPSA) is 97.1 Å². The Morgan fingerprint density at radius 1 is 0.923 bits per heavy atom. The molecule has 1 rings (SSSR count). The molecular weight excluding hydrogens is 171 g/mol. The predicted molar refractivity (Wildman–Crippen MR) is 52.6 cm³/mol.